The summed E-state index contributed by atoms with van der Waals surface area (Å²) < 4.78 is 7.67. The molecule has 2 amide bonds. The predicted molar refractivity (Wildman–Crippen MR) is 169 cm³/mol. The Hall–Kier alpha value is -2.97. The van der Waals surface area contributed by atoms with Crippen LogP contribution in [0.3, 0.4) is 0 Å². The summed E-state index contributed by atoms with van der Waals surface area (Å²) in [7, 11) is 0. The van der Waals surface area contributed by atoms with Gasteiger partial charge in [-0.1, -0.05) is 65.0 Å². The smallest absolute Gasteiger partial charge is 0.253 e. The van der Waals surface area contributed by atoms with Crippen LogP contribution in [0.2, 0.25) is 0 Å². The number of anilines is 1. The van der Waals surface area contributed by atoms with E-state index in [4.69, 9.17) is 4.74 Å². The molecule has 8 heteroatoms. The number of nitrogens with one attached hydrogen (secondary N) is 2. The molecule has 2 unspecified atom stereocenters. The number of hydrogen-bond acceptors (Lipinski definition) is 5. The van der Waals surface area contributed by atoms with Crippen molar-refractivity contribution >= 4 is 28.3 Å². The third-order valence-corrected chi connectivity index (χ3v) is 6.56. The van der Waals surface area contributed by atoms with Gasteiger partial charge in [-0.3, -0.25) is 9.59 Å². The van der Waals surface area contributed by atoms with Gasteiger partial charge in [0.15, 0.2) is 5.13 Å². The van der Waals surface area contributed by atoms with Crippen LogP contribution in [0.5, 0.6) is 0 Å². The summed E-state index contributed by atoms with van der Waals surface area (Å²) in [5.41, 5.74) is 2.23. The molecule has 0 spiro atoms. The second-order valence-corrected chi connectivity index (χ2v) is 11.8. The van der Waals surface area contributed by atoms with Crippen molar-refractivity contribution in [1.82, 2.24) is 14.9 Å². The summed E-state index contributed by atoms with van der Waals surface area (Å²) >= 11 is 1.35. The average Bonchev–Trinajstić information content (AvgIpc) is 3.59. The zero-order chi connectivity index (χ0) is 30.3. The molecule has 0 radical (unpaired) electrons. The van der Waals surface area contributed by atoms with Gasteiger partial charge in [-0.05, 0) is 59.4 Å². The lowest BCUT2D eigenvalue weighted by atomic mass is 10.1. The van der Waals surface area contributed by atoms with Gasteiger partial charge >= 0.3 is 0 Å². The van der Waals surface area contributed by atoms with Gasteiger partial charge in [0.2, 0.25) is 5.91 Å². The van der Waals surface area contributed by atoms with E-state index in [1.54, 1.807) is 12.3 Å². The van der Waals surface area contributed by atoms with Gasteiger partial charge < -0.3 is 19.9 Å². The van der Waals surface area contributed by atoms with Crippen molar-refractivity contribution in [2.75, 3.05) is 11.9 Å². The van der Waals surface area contributed by atoms with E-state index >= 15 is 0 Å². The number of nitrogens with zero attached hydrogens (tertiary/aromatic N) is 2. The summed E-state index contributed by atoms with van der Waals surface area (Å²) in [6, 6.07) is 11.5. The summed E-state index contributed by atoms with van der Waals surface area (Å²) in [5.74, 6) is 0.152. The first-order valence-electron chi connectivity index (χ1n) is 14.3. The SMILES string of the molecule is CC.CC(C)(C)n1ccc(C(=O)NCC(=O)Nc2nc(-c3ccccc3)cs2)c1.CCC(C)OC(C)CC(C)C. The van der Waals surface area contributed by atoms with Crippen molar-refractivity contribution in [2.24, 2.45) is 5.92 Å². The molecule has 0 bridgehead atoms. The normalized spacial score (nSPS) is 12.4. The van der Waals surface area contributed by atoms with Crippen LogP contribution in [0.1, 0.15) is 92.4 Å². The molecule has 0 saturated heterocycles. The number of rotatable bonds is 10. The number of aromatic nitrogens is 2. The maximum atomic E-state index is 12.2. The molecule has 2 aromatic heterocycles. The van der Waals surface area contributed by atoms with Crippen LogP contribution in [0.15, 0.2) is 54.2 Å². The highest BCUT2D eigenvalue weighted by Gasteiger charge is 2.16. The molecule has 3 aromatic rings. The van der Waals surface area contributed by atoms with Crippen molar-refractivity contribution in [3.05, 3.63) is 59.7 Å². The Morgan fingerprint density at radius 2 is 1.68 bits per heavy atom. The van der Waals surface area contributed by atoms with Gasteiger partial charge in [0, 0.05) is 28.9 Å². The lowest BCUT2D eigenvalue weighted by Gasteiger charge is -2.20. The third-order valence-electron chi connectivity index (χ3n) is 5.80. The number of ether oxygens (including phenoxy) is 1. The number of carbonyl (C=O) groups excluding carboxylic acids is 2. The van der Waals surface area contributed by atoms with Crippen LogP contribution >= 0.6 is 11.3 Å². The fourth-order valence-electron chi connectivity index (χ4n) is 3.66. The highest BCUT2D eigenvalue weighted by atomic mass is 32.1. The zero-order valence-corrected chi connectivity index (χ0v) is 26.9. The molecule has 0 aliphatic rings. The molecule has 7 nitrogen and oxygen atoms in total. The maximum absolute atomic E-state index is 12.2. The van der Waals surface area contributed by atoms with Gasteiger partial charge in [-0.2, -0.15) is 0 Å². The summed E-state index contributed by atoms with van der Waals surface area (Å²) in [4.78, 5) is 28.7. The van der Waals surface area contributed by atoms with Crippen LogP contribution in [0.25, 0.3) is 11.3 Å². The van der Waals surface area contributed by atoms with Crippen LogP contribution in [0, 0.1) is 5.92 Å². The number of amides is 2. The first kappa shape index (κ1) is 35.1. The Morgan fingerprint density at radius 1 is 1.02 bits per heavy atom. The third kappa shape index (κ3) is 12.9. The standard InChI is InChI=1S/C20H22N4O2S.C10H22O.C2H6/c1-20(2,3)24-10-9-15(12-24)18(26)21-11-17(25)23-19-22-16(13-27-19)14-7-5-4-6-8-14;1-6-9(4)11-10(5)7-8(2)3;1-2/h4-10,12-13H,11H2,1-3H3,(H,21,26)(H,22,23,25);8-10H,6-7H2,1-5H3;1-2H3. The minimum atomic E-state index is -0.312. The lowest BCUT2D eigenvalue weighted by Crippen LogP contribution is -2.32. The van der Waals surface area contributed by atoms with E-state index in [0.717, 1.165) is 23.6 Å². The quantitative estimate of drug-likeness (QED) is 0.259. The molecular weight excluding hydrogens is 520 g/mol. The molecule has 1 aromatic carbocycles. The Labute approximate surface area is 245 Å². The van der Waals surface area contributed by atoms with Crippen LogP contribution in [-0.2, 0) is 15.1 Å². The molecule has 0 saturated carbocycles. The van der Waals surface area contributed by atoms with E-state index in [9.17, 15) is 9.59 Å². The number of hydrogen-bond donors (Lipinski definition) is 2. The van der Waals surface area contributed by atoms with Gasteiger partial charge in [0.25, 0.3) is 5.91 Å². The van der Waals surface area contributed by atoms with Crippen molar-refractivity contribution in [3.8, 4) is 11.3 Å². The van der Waals surface area contributed by atoms with E-state index in [2.05, 4.69) is 71.0 Å². The van der Waals surface area contributed by atoms with Crippen molar-refractivity contribution in [3.63, 3.8) is 0 Å². The van der Waals surface area contributed by atoms with E-state index < -0.39 is 0 Å². The minimum Gasteiger partial charge on any atom is -0.376 e. The molecule has 40 heavy (non-hydrogen) atoms. The Bertz CT molecular complexity index is 1130. The summed E-state index contributed by atoms with van der Waals surface area (Å²) in [6.07, 6.45) is 6.76. The molecular formula is C32H50N4O3S. The van der Waals surface area contributed by atoms with E-state index in [-0.39, 0.29) is 23.9 Å². The monoisotopic (exact) mass is 570 g/mol. The second kappa shape index (κ2) is 17.7. The fourth-order valence-corrected chi connectivity index (χ4v) is 4.39. The van der Waals surface area contributed by atoms with Gasteiger partial charge in [0.1, 0.15) is 0 Å². The summed E-state index contributed by atoms with van der Waals surface area (Å²) in [6.45, 7) is 21.0. The van der Waals surface area contributed by atoms with Crippen molar-refractivity contribution in [2.45, 2.75) is 99.8 Å². The number of thiazole rings is 1. The van der Waals surface area contributed by atoms with Crippen molar-refractivity contribution < 1.29 is 14.3 Å². The number of benzene rings is 1. The van der Waals surface area contributed by atoms with Crippen LogP contribution in [0.4, 0.5) is 5.13 Å². The minimum absolute atomic E-state index is 0.1000. The Balaban J connectivity index is 0.000000520. The summed E-state index contributed by atoms with van der Waals surface area (Å²) in [5, 5.41) is 7.75. The van der Waals surface area contributed by atoms with E-state index in [1.165, 1.54) is 17.8 Å². The number of carbonyl (C=O) groups is 2. The first-order valence-corrected chi connectivity index (χ1v) is 15.2. The molecule has 222 valence electrons. The molecule has 0 aliphatic carbocycles. The van der Waals surface area contributed by atoms with Gasteiger partial charge in [-0.15, -0.1) is 11.3 Å². The molecule has 0 aliphatic heterocycles. The van der Waals surface area contributed by atoms with Gasteiger partial charge in [-0.25, -0.2) is 4.98 Å². The molecule has 2 N–H and O–H groups in total. The molecule has 2 heterocycles. The largest absolute Gasteiger partial charge is 0.376 e. The molecule has 2 atom stereocenters. The van der Waals surface area contributed by atoms with Crippen LogP contribution < -0.4 is 10.6 Å². The Morgan fingerprint density at radius 3 is 2.23 bits per heavy atom. The zero-order valence-electron chi connectivity index (χ0n) is 26.1. The highest BCUT2D eigenvalue weighted by molar-refractivity contribution is 7.14. The molecule has 0 fully saturated rings. The topological polar surface area (TPSA) is 85.3 Å². The van der Waals surface area contributed by atoms with Crippen molar-refractivity contribution in [1.29, 1.82) is 0 Å². The van der Waals surface area contributed by atoms with E-state index in [0.29, 0.717) is 22.9 Å². The first-order chi connectivity index (χ1) is 18.9. The highest BCUT2D eigenvalue weighted by Crippen LogP contribution is 2.24. The molecule has 3 rings (SSSR count). The fraction of sp³-hybridized carbons (Fsp3) is 0.531. The van der Waals surface area contributed by atoms with Gasteiger partial charge in [0.05, 0.1) is 30.0 Å². The predicted octanol–water partition coefficient (Wildman–Crippen LogP) is 8.00. The lowest BCUT2D eigenvalue weighted by molar-refractivity contribution is -0.115. The second-order valence-electron chi connectivity index (χ2n) is 10.9. The Kier molecular flexibility index (Phi) is 15.5. The van der Waals surface area contributed by atoms with E-state index in [1.807, 2.05) is 60.3 Å². The maximum Gasteiger partial charge on any atom is 0.253 e. The average molecular weight is 571 g/mol. The van der Waals surface area contributed by atoms with Crippen LogP contribution in [-0.4, -0.2) is 40.1 Å².